The monoisotopic (exact) mass is 988 g/mol. The number of anilines is 3. The molecular formula is C55H35N7Pt. The molecule has 63 heavy (non-hydrogen) atoms. The van der Waals surface area contributed by atoms with Gasteiger partial charge in [-0.15, -0.1) is 22.1 Å². The van der Waals surface area contributed by atoms with Crippen LogP contribution in [0.25, 0.3) is 79.8 Å². The first-order valence-corrected chi connectivity index (χ1v) is 20.5. The van der Waals surface area contributed by atoms with Crippen LogP contribution in [0.5, 0.6) is 0 Å². The zero-order valence-corrected chi connectivity index (χ0v) is 36.5. The number of aromatic nitrogens is 4. The first kappa shape index (κ1) is 39.3. The molecule has 3 aliphatic rings. The Morgan fingerprint density at radius 3 is 1.35 bits per heavy atom. The summed E-state index contributed by atoms with van der Waals surface area (Å²) >= 11 is 0. The number of nitriles is 2. The molecule has 5 aromatic carbocycles. The molecule has 8 aromatic rings. The summed E-state index contributed by atoms with van der Waals surface area (Å²) in [5.74, 6) is 0. The predicted octanol–water partition coefficient (Wildman–Crippen LogP) is 12.8. The maximum absolute atomic E-state index is 10.0. The smallest absolute Gasteiger partial charge is 0.657 e. The molecule has 0 aliphatic carbocycles. The molecule has 8 bridgehead atoms. The van der Waals surface area contributed by atoms with Crippen molar-refractivity contribution in [3.05, 3.63) is 197 Å². The Morgan fingerprint density at radius 2 is 0.857 bits per heavy atom. The van der Waals surface area contributed by atoms with Gasteiger partial charge in [0.1, 0.15) is 0 Å². The molecule has 11 rings (SSSR count). The van der Waals surface area contributed by atoms with E-state index in [4.69, 9.17) is 19.9 Å². The second-order valence-electron chi connectivity index (χ2n) is 16.1. The Labute approximate surface area is 379 Å². The van der Waals surface area contributed by atoms with Crippen molar-refractivity contribution in [3.8, 4) is 45.5 Å². The van der Waals surface area contributed by atoms with Crippen LogP contribution < -0.4 is 14.9 Å². The summed E-state index contributed by atoms with van der Waals surface area (Å²) in [5, 5.41) is 20.1. The van der Waals surface area contributed by atoms with E-state index in [1.807, 2.05) is 60.7 Å². The summed E-state index contributed by atoms with van der Waals surface area (Å²) in [6.45, 7) is 4.58. The summed E-state index contributed by atoms with van der Waals surface area (Å²) in [6.07, 6.45) is 8.17. The topological polar surface area (TPSA) is 105 Å². The minimum Gasteiger partial charge on any atom is -0.657 e. The molecule has 7 nitrogen and oxygen atoms in total. The summed E-state index contributed by atoms with van der Waals surface area (Å²) in [5.41, 5.74) is 16.8. The Kier molecular flexibility index (Phi) is 9.72. The third-order valence-electron chi connectivity index (χ3n) is 12.0. The fourth-order valence-electron chi connectivity index (χ4n) is 9.21. The van der Waals surface area contributed by atoms with Gasteiger partial charge in [0.15, 0.2) is 0 Å². The van der Waals surface area contributed by atoms with Gasteiger partial charge in [-0.3, -0.25) is 0 Å². The molecule has 0 atom stereocenters. The number of hydrogen-bond acceptors (Lipinski definition) is 5. The van der Waals surface area contributed by atoms with E-state index in [1.165, 1.54) is 11.1 Å². The zero-order valence-electron chi connectivity index (χ0n) is 34.2. The fourth-order valence-corrected chi connectivity index (χ4v) is 9.21. The number of benzene rings is 5. The van der Waals surface area contributed by atoms with Crippen molar-refractivity contribution in [3.63, 3.8) is 0 Å². The van der Waals surface area contributed by atoms with Crippen LogP contribution in [-0.2, 0) is 26.5 Å². The predicted molar refractivity (Wildman–Crippen MR) is 249 cm³/mol. The average molecular weight is 989 g/mol. The SMILES string of the molecule is CC1(C)c2ccccc2N(c2c3nc(c(-c4ccccc4)c4ccc([n-]4)c(-c4cc(C#N)cc(C#N)c4)c4nc(c(-c5ccccc5)c5ccc2[n-]5)C=C4)C=C3)c2ccccc21.[Pt+2]. The molecule has 0 N–H and O–H groups in total. The van der Waals surface area contributed by atoms with Crippen LogP contribution in [0.15, 0.2) is 152 Å². The van der Waals surface area contributed by atoms with E-state index in [0.717, 1.165) is 72.9 Å². The molecule has 3 aromatic heterocycles. The average Bonchev–Trinajstić information content (AvgIpc) is 4.16. The molecule has 0 saturated carbocycles. The zero-order chi connectivity index (χ0) is 42.0. The first-order valence-electron chi connectivity index (χ1n) is 20.5. The van der Waals surface area contributed by atoms with Crippen LogP contribution in [0.3, 0.4) is 0 Å². The quantitative estimate of drug-likeness (QED) is 0.173. The van der Waals surface area contributed by atoms with Gasteiger partial charge in [-0.1, -0.05) is 135 Å². The number of fused-ring (bicyclic) bond motifs is 10. The third kappa shape index (κ3) is 6.54. The number of nitrogens with zero attached hydrogens (tertiary/aromatic N) is 7. The van der Waals surface area contributed by atoms with E-state index in [2.05, 4.69) is 128 Å². The maximum Gasteiger partial charge on any atom is 2.00 e. The molecule has 0 unspecified atom stereocenters. The molecule has 0 amide bonds. The van der Waals surface area contributed by atoms with Crippen molar-refractivity contribution < 1.29 is 21.1 Å². The van der Waals surface area contributed by atoms with E-state index < -0.39 is 0 Å². The molecule has 6 heterocycles. The van der Waals surface area contributed by atoms with Crippen LogP contribution in [-0.4, -0.2) is 9.97 Å². The van der Waals surface area contributed by atoms with Crippen LogP contribution in [0, 0.1) is 22.7 Å². The molecule has 8 heteroatoms. The van der Waals surface area contributed by atoms with Gasteiger partial charge in [0.25, 0.3) is 0 Å². The number of hydrogen-bond donors (Lipinski definition) is 0. The first-order chi connectivity index (χ1) is 30.4. The normalized spacial score (nSPS) is 13.0. The summed E-state index contributed by atoms with van der Waals surface area (Å²) in [6, 6.07) is 55.6. The minimum atomic E-state index is -0.259. The van der Waals surface area contributed by atoms with Gasteiger partial charge in [0.2, 0.25) is 0 Å². The van der Waals surface area contributed by atoms with Crippen LogP contribution in [0.1, 0.15) is 58.9 Å². The number of para-hydroxylation sites is 2. The van der Waals surface area contributed by atoms with E-state index in [0.29, 0.717) is 33.5 Å². The Hall–Kier alpha value is -7.83. The molecule has 0 fully saturated rings. The Balaban J connectivity index is 0.00000471. The second kappa shape index (κ2) is 15.6. The van der Waals surface area contributed by atoms with E-state index >= 15 is 0 Å². The molecule has 0 spiro atoms. The maximum atomic E-state index is 10.0. The third-order valence-corrected chi connectivity index (χ3v) is 12.0. The van der Waals surface area contributed by atoms with Gasteiger partial charge in [-0.25, -0.2) is 9.97 Å². The molecule has 3 aliphatic heterocycles. The summed E-state index contributed by atoms with van der Waals surface area (Å²) in [7, 11) is 0. The van der Waals surface area contributed by atoms with Gasteiger partial charge in [-0.2, -0.15) is 10.5 Å². The fraction of sp³-hybridized carbons (Fsp3) is 0.0545. The van der Waals surface area contributed by atoms with Crippen molar-refractivity contribution in [1.82, 2.24) is 19.9 Å². The van der Waals surface area contributed by atoms with Crippen LogP contribution in [0.2, 0.25) is 0 Å². The molecular weight excluding hydrogens is 954 g/mol. The minimum absolute atomic E-state index is 0. The van der Waals surface area contributed by atoms with Crippen molar-refractivity contribution >= 4 is 63.4 Å². The van der Waals surface area contributed by atoms with Crippen molar-refractivity contribution in [1.29, 1.82) is 10.5 Å². The van der Waals surface area contributed by atoms with Gasteiger partial charge >= 0.3 is 21.1 Å². The Bertz CT molecular complexity index is 3350. The van der Waals surface area contributed by atoms with Gasteiger partial charge in [-0.05, 0) is 99.1 Å². The van der Waals surface area contributed by atoms with Gasteiger partial charge < -0.3 is 14.9 Å². The Morgan fingerprint density at radius 1 is 0.460 bits per heavy atom. The van der Waals surface area contributed by atoms with Crippen LogP contribution >= 0.6 is 0 Å². The summed E-state index contributed by atoms with van der Waals surface area (Å²) in [4.78, 5) is 24.1. The van der Waals surface area contributed by atoms with Crippen molar-refractivity contribution in [2.45, 2.75) is 19.3 Å². The second-order valence-corrected chi connectivity index (χ2v) is 16.1. The van der Waals surface area contributed by atoms with Crippen LogP contribution in [0.4, 0.5) is 17.1 Å². The van der Waals surface area contributed by atoms with E-state index in [9.17, 15) is 10.5 Å². The summed E-state index contributed by atoms with van der Waals surface area (Å²) < 4.78 is 0. The van der Waals surface area contributed by atoms with Crippen molar-refractivity contribution in [2.75, 3.05) is 4.90 Å². The molecule has 0 radical (unpaired) electrons. The number of rotatable bonds is 4. The van der Waals surface area contributed by atoms with E-state index in [-0.39, 0.29) is 26.5 Å². The standard InChI is InChI=1S/C55H35N7.Pt/c1-55(2)39-17-9-11-19-49(39)62(50-20-12-10-18-40(50)55)54-47-27-25-43(60-47)51(36-13-5-3-6-14-36)41-21-23-45(58-41)53(38-30-34(32-56)29-35(31-38)33-57)46-24-22-42(59-46)52(37-15-7-4-8-16-37)44-26-28-48(54)61-44;/h3-31H,1-2H3;/q-2;+2. The van der Waals surface area contributed by atoms with Crippen molar-refractivity contribution in [2.24, 2.45) is 0 Å². The molecule has 300 valence electrons. The molecule has 0 saturated heterocycles. The largest absolute Gasteiger partial charge is 2.00 e. The van der Waals surface area contributed by atoms with Gasteiger partial charge in [0, 0.05) is 5.41 Å². The van der Waals surface area contributed by atoms with E-state index in [1.54, 1.807) is 18.2 Å². The van der Waals surface area contributed by atoms with Gasteiger partial charge in [0.05, 0.1) is 63.1 Å².